The van der Waals surface area contributed by atoms with Crippen LogP contribution in [0, 0.1) is 23.4 Å². The lowest BCUT2D eigenvalue weighted by Gasteiger charge is -2.10. The predicted molar refractivity (Wildman–Crippen MR) is 56.9 cm³/mol. The highest BCUT2D eigenvalue weighted by atomic mass is 19.2. The van der Waals surface area contributed by atoms with Crippen LogP contribution < -0.4 is 11.1 Å². The van der Waals surface area contributed by atoms with E-state index in [0.717, 1.165) is 0 Å². The third kappa shape index (κ3) is 3.45. The normalized spacial score (nSPS) is 12.3. The van der Waals surface area contributed by atoms with Gasteiger partial charge in [-0.2, -0.15) is 0 Å². The molecule has 3 nitrogen and oxygen atoms in total. The van der Waals surface area contributed by atoms with Gasteiger partial charge >= 0.3 is 0 Å². The van der Waals surface area contributed by atoms with E-state index in [0.29, 0.717) is 18.7 Å². The zero-order chi connectivity index (χ0) is 13.0. The maximum Gasteiger partial charge on any atom is 0.251 e. The number of carbonyl (C=O) groups excluding carboxylic acids is 1. The van der Waals surface area contributed by atoms with E-state index in [4.69, 9.17) is 5.73 Å². The number of halogens is 3. The summed E-state index contributed by atoms with van der Waals surface area (Å²) in [4.78, 5) is 11.5. The Balaban J connectivity index is 2.76. The summed E-state index contributed by atoms with van der Waals surface area (Å²) in [5, 5.41) is 2.45. The monoisotopic (exact) mass is 246 g/mol. The van der Waals surface area contributed by atoms with Crippen molar-refractivity contribution in [3.05, 3.63) is 35.1 Å². The molecular weight excluding hydrogens is 233 g/mol. The first-order valence-electron chi connectivity index (χ1n) is 5.08. The Morgan fingerprint density at radius 1 is 1.35 bits per heavy atom. The van der Waals surface area contributed by atoms with Crippen LogP contribution in [0.15, 0.2) is 12.1 Å². The molecule has 94 valence electrons. The van der Waals surface area contributed by atoms with E-state index in [9.17, 15) is 18.0 Å². The third-order valence-corrected chi connectivity index (χ3v) is 2.26. The van der Waals surface area contributed by atoms with Crippen LogP contribution in [0.1, 0.15) is 17.3 Å². The van der Waals surface area contributed by atoms with Crippen LogP contribution in [0.3, 0.4) is 0 Å². The minimum Gasteiger partial charge on any atom is -0.352 e. The second-order valence-electron chi connectivity index (χ2n) is 3.80. The molecule has 0 aliphatic heterocycles. The smallest absolute Gasteiger partial charge is 0.251 e. The molecule has 1 atom stereocenters. The molecule has 1 rings (SSSR count). The van der Waals surface area contributed by atoms with Crippen LogP contribution in [0.2, 0.25) is 0 Å². The molecule has 0 aliphatic carbocycles. The molecule has 1 unspecified atom stereocenters. The van der Waals surface area contributed by atoms with E-state index in [1.54, 1.807) is 0 Å². The minimum absolute atomic E-state index is 0.0501. The van der Waals surface area contributed by atoms with Gasteiger partial charge in [-0.1, -0.05) is 6.92 Å². The lowest BCUT2D eigenvalue weighted by atomic mass is 10.1. The molecule has 0 heterocycles. The van der Waals surface area contributed by atoms with Gasteiger partial charge in [-0.05, 0) is 24.6 Å². The van der Waals surface area contributed by atoms with Crippen molar-refractivity contribution < 1.29 is 18.0 Å². The van der Waals surface area contributed by atoms with Gasteiger partial charge in [-0.25, -0.2) is 13.2 Å². The van der Waals surface area contributed by atoms with Crippen molar-refractivity contribution in [2.24, 2.45) is 11.7 Å². The SMILES string of the molecule is CC(CN)CNC(=O)c1cc(F)c(F)c(F)c1. The Bertz CT molecular complexity index is 400. The number of amides is 1. The van der Waals surface area contributed by atoms with E-state index in [1.165, 1.54) is 0 Å². The molecule has 0 bridgehead atoms. The van der Waals surface area contributed by atoms with E-state index in [1.807, 2.05) is 6.92 Å². The van der Waals surface area contributed by atoms with Crippen LogP contribution in [0.25, 0.3) is 0 Å². The molecule has 1 aromatic carbocycles. The standard InChI is InChI=1S/C11H13F3N2O/c1-6(4-15)5-16-11(17)7-2-8(12)10(14)9(13)3-7/h2-3,6H,4-5,15H2,1H3,(H,16,17). The van der Waals surface area contributed by atoms with E-state index < -0.39 is 23.4 Å². The molecule has 3 N–H and O–H groups in total. The van der Waals surface area contributed by atoms with Crippen LogP contribution in [0.4, 0.5) is 13.2 Å². The second kappa shape index (κ2) is 5.67. The van der Waals surface area contributed by atoms with Crippen molar-refractivity contribution in [1.29, 1.82) is 0 Å². The Morgan fingerprint density at radius 3 is 2.35 bits per heavy atom. The van der Waals surface area contributed by atoms with Crippen molar-refractivity contribution in [2.75, 3.05) is 13.1 Å². The van der Waals surface area contributed by atoms with Gasteiger partial charge in [0.1, 0.15) is 0 Å². The van der Waals surface area contributed by atoms with Gasteiger partial charge in [0.2, 0.25) is 0 Å². The number of hydrogen-bond donors (Lipinski definition) is 2. The summed E-state index contributed by atoms with van der Waals surface area (Å²) in [6, 6.07) is 1.31. The van der Waals surface area contributed by atoms with Crippen LogP contribution >= 0.6 is 0 Å². The third-order valence-electron chi connectivity index (χ3n) is 2.26. The second-order valence-corrected chi connectivity index (χ2v) is 3.80. The molecular formula is C11H13F3N2O. The number of carbonyl (C=O) groups is 1. The maximum absolute atomic E-state index is 12.9. The Hall–Kier alpha value is -1.56. The molecule has 6 heteroatoms. The van der Waals surface area contributed by atoms with Crippen LogP contribution in [-0.2, 0) is 0 Å². The molecule has 0 aromatic heterocycles. The fraction of sp³-hybridized carbons (Fsp3) is 0.364. The Kier molecular flexibility index (Phi) is 4.51. The zero-order valence-corrected chi connectivity index (χ0v) is 9.27. The number of benzene rings is 1. The largest absolute Gasteiger partial charge is 0.352 e. The predicted octanol–water partition coefficient (Wildman–Crippen LogP) is 1.43. The first kappa shape index (κ1) is 13.5. The van der Waals surface area contributed by atoms with E-state index in [2.05, 4.69) is 5.32 Å². The van der Waals surface area contributed by atoms with E-state index in [-0.39, 0.29) is 18.0 Å². The summed E-state index contributed by atoms with van der Waals surface area (Å²) in [7, 11) is 0. The Labute approximate surface area is 96.8 Å². The molecule has 0 radical (unpaired) electrons. The molecule has 1 amide bonds. The summed E-state index contributed by atoms with van der Waals surface area (Å²) >= 11 is 0. The van der Waals surface area contributed by atoms with Gasteiger partial charge in [-0.3, -0.25) is 4.79 Å². The molecule has 0 saturated carbocycles. The van der Waals surface area contributed by atoms with Gasteiger partial charge in [0.15, 0.2) is 17.5 Å². The summed E-state index contributed by atoms with van der Waals surface area (Å²) < 4.78 is 38.3. The van der Waals surface area contributed by atoms with Gasteiger partial charge in [0.25, 0.3) is 5.91 Å². The highest BCUT2D eigenvalue weighted by Crippen LogP contribution is 2.13. The number of hydrogen-bond acceptors (Lipinski definition) is 2. The summed E-state index contributed by atoms with van der Waals surface area (Å²) in [6.07, 6.45) is 0. The maximum atomic E-state index is 12.9. The van der Waals surface area contributed by atoms with Gasteiger partial charge in [0, 0.05) is 12.1 Å². The van der Waals surface area contributed by atoms with Crippen molar-refractivity contribution in [3.63, 3.8) is 0 Å². The lowest BCUT2D eigenvalue weighted by Crippen LogP contribution is -2.31. The first-order valence-corrected chi connectivity index (χ1v) is 5.08. The summed E-state index contributed by atoms with van der Waals surface area (Å²) in [6.45, 7) is 2.48. The van der Waals surface area contributed by atoms with E-state index >= 15 is 0 Å². The van der Waals surface area contributed by atoms with Crippen molar-refractivity contribution >= 4 is 5.91 Å². The first-order chi connectivity index (χ1) is 7.95. The summed E-state index contributed by atoms with van der Waals surface area (Å²) in [5.74, 6) is -4.97. The van der Waals surface area contributed by atoms with Gasteiger partial charge < -0.3 is 11.1 Å². The van der Waals surface area contributed by atoms with Crippen molar-refractivity contribution in [2.45, 2.75) is 6.92 Å². The van der Waals surface area contributed by atoms with Crippen molar-refractivity contribution in [3.8, 4) is 0 Å². The van der Waals surface area contributed by atoms with Crippen molar-refractivity contribution in [1.82, 2.24) is 5.32 Å². The average molecular weight is 246 g/mol. The number of rotatable bonds is 4. The average Bonchev–Trinajstić information content (AvgIpc) is 2.31. The van der Waals surface area contributed by atoms with Gasteiger partial charge in [0.05, 0.1) is 0 Å². The molecule has 1 aromatic rings. The molecule has 0 spiro atoms. The molecule has 0 fully saturated rings. The van der Waals surface area contributed by atoms with Gasteiger partial charge in [-0.15, -0.1) is 0 Å². The highest BCUT2D eigenvalue weighted by Gasteiger charge is 2.15. The van der Waals surface area contributed by atoms with Crippen LogP contribution in [0.5, 0.6) is 0 Å². The number of nitrogens with one attached hydrogen (secondary N) is 1. The topological polar surface area (TPSA) is 55.1 Å². The minimum atomic E-state index is -1.59. The molecule has 0 saturated heterocycles. The fourth-order valence-electron chi connectivity index (χ4n) is 1.14. The lowest BCUT2D eigenvalue weighted by molar-refractivity contribution is 0.0947. The summed E-state index contributed by atoms with van der Waals surface area (Å²) in [5.41, 5.74) is 5.09. The highest BCUT2D eigenvalue weighted by molar-refractivity contribution is 5.94. The Morgan fingerprint density at radius 2 is 1.88 bits per heavy atom. The van der Waals surface area contributed by atoms with Crippen LogP contribution in [-0.4, -0.2) is 19.0 Å². The fourth-order valence-corrected chi connectivity index (χ4v) is 1.14. The molecule has 17 heavy (non-hydrogen) atoms. The molecule has 0 aliphatic rings. The zero-order valence-electron chi connectivity index (χ0n) is 9.27. The quantitative estimate of drug-likeness (QED) is 0.789. The number of nitrogens with two attached hydrogens (primary N) is 1.